The number of likely N-dealkylation sites (N-methyl/N-ethyl adjacent to an activating group) is 1. The molecule has 0 aromatic rings. The Morgan fingerprint density at radius 3 is 2.33 bits per heavy atom. The third-order valence-corrected chi connectivity index (χ3v) is 4.65. The molecule has 2 rings (SSSR count). The lowest BCUT2D eigenvalue weighted by Gasteiger charge is -2.48. The number of carbonyl (C=O) groups is 1. The summed E-state index contributed by atoms with van der Waals surface area (Å²) in [5, 5.41) is 3.06. The summed E-state index contributed by atoms with van der Waals surface area (Å²) in [7, 11) is 4.16. The van der Waals surface area contributed by atoms with Gasteiger partial charge < -0.3 is 20.7 Å². The van der Waals surface area contributed by atoms with Crippen LogP contribution >= 0.6 is 0 Å². The van der Waals surface area contributed by atoms with E-state index in [0.29, 0.717) is 32.6 Å². The van der Waals surface area contributed by atoms with Gasteiger partial charge in [0.05, 0.1) is 5.54 Å². The Labute approximate surface area is 109 Å². The minimum atomic E-state index is -0.727. The van der Waals surface area contributed by atoms with Gasteiger partial charge in [-0.05, 0) is 46.2 Å². The Morgan fingerprint density at radius 2 is 1.89 bits per heavy atom. The average molecular weight is 255 g/mol. The minimum absolute atomic E-state index is 0.0149. The van der Waals surface area contributed by atoms with Crippen LogP contribution in [0, 0.1) is 0 Å². The Balaban J connectivity index is 1.87. The molecule has 0 spiro atoms. The minimum Gasteiger partial charge on any atom is -0.381 e. The molecule has 1 aliphatic carbocycles. The van der Waals surface area contributed by atoms with Crippen molar-refractivity contribution < 1.29 is 9.53 Å². The van der Waals surface area contributed by atoms with Crippen LogP contribution in [0.3, 0.4) is 0 Å². The highest BCUT2D eigenvalue weighted by molar-refractivity contribution is 5.86. The second-order valence-electron chi connectivity index (χ2n) is 5.92. The molecule has 0 radical (unpaired) electrons. The number of rotatable bonds is 4. The highest BCUT2D eigenvalue weighted by Gasteiger charge is 2.41. The van der Waals surface area contributed by atoms with E-state index in [0.717, 1.165) is 12.8 Å². The summed E-state index contributed by atoms with van der Waals surface area (Å²) in [5.41, 5.74) is 5.59. The van der Waals surface area contributed by atoms with Crippen molar-refractivity contribution in [1.82, 2.24) is 10.2 Å². The summed E-state index contributed by atoms with van der Waals surface area (Å²) in [6.45, 7) is 1.88. The second kappa shape index (κ2) is 5.15. The molecule has 3 N–H and O–H groups in total. The van der Waals surface area contributed by atoms with Crippen LogP contribution in [0.5, 0.6) is 0 Å². The van der Waals surface area contributed by atoms with Crippen LogP contribution in [-0.4, -0.2) is 55.7 Å². The molecule has 1 amide bonds. The van der Waals surface area contributed by atoms with Crippen LogP contribution in [0.1, 0.15) is 32.1 Å². The van der Waals surface area contributed by atoms with Crippen molar-refractivity contribution in [3.8, 4) is 0 Å². The topological polar surface area (TPSA) is 67.6 Å². The lowest BCUT2D eigenvalue weighted by molar-refractivity contribution is -0.130. The lowest BCUT2D eigenvalue weighted by atomic mass is 9.75. The third-order valence-electron chi connectivity index (χ3n) is 4.65. The zero-order valence-electron chi connectivity index (χ0n) is 11.5. The molecule has 1 heterocycles. The van der Waals surface area contributed by atoms with Gasteiger partial charge in [0.2, 0.25) is 5.91 Å². The van der Waals surface area contributed by atoms with Crippen LogP contribution in [0.4, 0.5) is 0 Å². The molecule has 5 heteroatoms. The van der Waals surface area contributed by atoms with Gasteiger partial charge in [0.15, 0.2) is 0 Å². The lowest BCUT2D eigenvalue weighted by Crippen LogP contribution is -2.62. The maximum Gasteiger partial charge on any atom is 0.240 e. The first-order chi connectivity index (χ1) is 8.49. The highest BCUT2D eigenvalue weighted by Crippen LogP contribution is 2.35. The van der Waals surface area contributed by atoms with E-state index in [4.69, 9.17) is 10.5 Å². The number of ether oxygens (including phenoxy) is 1. The molecule has 0 aromatic carbocycles. The first-order valence-electron chi connectivity index (χ1n) is 6.81. The van der Waals surface area contributed by atoms with Crippen molar-refractivity contribution >= 4 is 5.91 Å². The largest absolute Gasteiger partial charge is 0.381 e. The molecular formula is C13H25N3O2. The van der Waals surface area contributed by atoms with E-state index in [9.17, 15) is 4.79 Å². The van der Waals surface area contributed by atoms with Gasteiger partial charge in [-0.1, -0.05) is 0 Å². The summed E-state index contributed by atoms with van der Waals surface area (Å²) < 4.78 is 5.26. The predicted molar refractivity (Wildman–Crippen MR) is 70.3 cm³/mol. The molecule has 2 aliphatic rings. The summed E-state index contributed by atoms with van der Waals surface area (Å²) in [6, 6.07) is 0. The van der Waals surface area contributed by atoms with Crippen molar-refractivity contribution in [3.63, 3.8) is 0 Å². The van der Waals surface area contributed by atoms with Crippen LogP contribution in [0.25, 0.3) is 0 Å². The van der Waals surface area contributed by atoms with Gasteiger partial charge in [-0.25, -0.2) is 0 Å². The maximum absolute atomic E-state index is 12.2. The molecule has 1 aliphatic heterocycles. The molecule has 5 nitrogen and oxygen atoms in total. The highest BCUT2D eigenvalue weighted by atomic mass is 16.5. The number of nitrogens with one attached hydrogen (secondary N) is 1. The smallest absolute Gasteiger partial charge is 0.240 e. The van der Waals surface area contributed by atoms with Gasteiger partial charge in [0.25, 0.3) is 0 Å². The quantitative estimate of drug-likeness (QED) is 0.747. The van der Waals surface area contributed by atoms with E-state index in [-0.39, 0.29) is 11.4 Å². The van der Waals surface area contributed by atoms with Crippen molar-refractivity contribution in [3.05, 3.63) is 0 Å². The Bertz CT molecular complexity index is 307. The molecule has 0 bridgehead atoms. The van der Waals surface area contributed by atoms with Crippen LogP contribution in [0.2, 0.25) is 0 Å². The number of nitrogens with zero attached hydrogens (tertiary/aromatic N) is 1. The van der Waals surface area contributed by atoms with Crippen LogP contribution in [-0.2, 0) is 9.53 Å². The third kappa shape index (κ3) is 2.53. The van der Waals surface area contributed by atoms with Gasteiger partial charge in [-0.15, -0.1) is 0 Å². The molecular weight excluding hydrogens is 230 g/mol. The van der Waals surface area contributed by atoms with E-state index in [1.807, 2.05) is 0 Å². The SMILES string of the molecule is CN(C)C1(CNC(=O)C2(N)CCOCC2)CCC1. The van der Waals surface area contributed by atoms with E-state index in [1.165, 1.54) is 6.42 Å². The number of carbonyl (C=O) groups excluding carboxylic acids is 1. The zero-order chi connectivity index (χ0) is 13.2. The second-order valence-corrected chi connectivity index (χ2v) is 5.92. The predicted octanol–water partition coefficient (Wildman–Crippen LogP) is 0.0948. The Hall–Kier alpha value is -0.650. The summed E-state index contributed by atoms with van der Waals surface area (Å²) >= 11 is 0. The molecule has 0 aromatic heterocycles. The summed E-state index contributed by atoms with van der Waals surface area (Å²) in [5.74, 6) is -0.0149. The van der Waals surface area contributed by atoms with Gasteiger partial charge in [-0.2, -0.15) is 0 Å². The van der Waals surface area contributed by atoms with E-state index in [1.54, 1.807) is 0 Å². The number of amides is 1. The standard InChI is InChI=1S/C13H25N3O2/c1-16(2)12(4-3-5-12)10-15-11(17)13(14)6-8-18-9-7-13/h3-10,14H2,1-2H3,(H,15,17). The van der Waals surface area contributed by atoms with Crippen molar-refractivity contribution in [1.29, 1.82) is 0 Å². The fourth-order valence-corrected chi connectivity index (χ4v) is 2.75. The van der Waals surface area contributed by atoms with Crippen LogP contribution in [0.15, 0.2) is 0 Å². The molecule has 0 atom stereocenters. The molecule has 1 saturated heterocycles. The summed E-state index contributed by atoms with van der Waals surface area (Å²) in [6.07, 6.45) is 4.79. The van der Waals surface area contributed by atoms with Gasteiger partial charge in [0.1, 0.15) is 0 Å². The van der Waals surface area contributed by atoms with Crippen LogP contribution < -0.4 is 11.1 Å². The fourth-order valence-electron chi connectivity index (χ4n) is 2.75. The molecule has 0 unspecified atom stereocenters. The number of hydrogen-bond acceptors (Lipinski definition) is 4. The van der Waals surface area contributed by atoms with E-state index in [2.05, 4.69) is 24.3 Å². The number of hydrogen-bond donors (Lipinski definition) is 2. The Morgan fingerprint density at radius 1 is 1.28 bits per heavy atom. The monoisotopic (exact) mass is 255 g/mol. The zero-order valence-corrected chi connectivity index (χ0v) is 11.5. The maximum atomic E-state index is 12.2. The first kappa shape index (κ1) is 13.8. The molecule has 1 saturated carbocycles. The van der Waals surface area contributed by atoms with E-state index < -0.39 is 5.54 Å². The van der Waals surface area contributed by atoms with Crippen molar-refractivity contribution in [2.75, 3.05) is 33.9 Å². The van der Waals surface area contributed by atoms with Gasteiger partial charge >= 0.3 is 0 Å². The molecule has 104 valence electrons. The van der Waals surface area contributed by atoms with Crippen molar-refractivity contribution in [2.45, 2.75) is 43.2 Å². The molecule has 18 heavy (non-hydrogen) atoms. The average Bonchev–Trinajstić information content (AvgIpc) is 2.27. The Kier molecular flexibility index (Phi) is 3.94. The normalized spacial score (nSPS) is 25.6. The van der Waals surface area contributed by atoms with E-state index >= 15 is 0 Å². The first-order valence-corrected chi connectivity index (χ1v) is 6.81. The van der Waals surface area contributed by atoms with Crippen molar-refractivity contribution in [2.24, 2.45) is 5.73 Å². The number of nitrogens with two attached hydrogens (primary N) is 1. The van der Waals surface area contributed by atoms with Gasteiger partial charge in [0, 0.05) is 25.3 Å². The van der Waals surface area contributed by atoms with Gasteiger partial charge in [-0.3, -0.25) is 4.79 Å². The summed E-state index contributed by atoms with van der Waals surface area (Å²) in [4.78, 5) is 14.4. The fraction of sp³-hybridized carbons (Fsp3) is 0.923. The molecule has 2 fully saturated rings.